The number of phenolic OH excluding ortho intramolecular Hbond substituents is 1. The van der Waals surface area contributed by atoms with Gasteiger partial charge in [-0.2, -0.15) is 0 Å². The minimum Gasteiger partial charge on any atom is -0.508 e. The van der Waals surface area contributed by atoms with Crippen LogP contribution < -0.4 is 5.73 Å². The third kappa shape index (κ3) is 2.25. The molecule has 4 heteroatoms. The van der Waals surface area contributed by atoms with Gasteiger partial charge in [0.25, 0.3) is 0 Å². The highest BCUT2D eigenvalue weighted by atomic mass is 19.1. The van der Waals surface area contributed by atoms with E-state index < -0.39 is 11.7 Å². The summed E-state index contributed by atoms with van der Waals surface area (Å²) < 4.78 is 13.6. The zero-order chi connectivity index (χ0) is 12.4. The van der Waals surface area contributed by atoms with Gasteiger partial charge < -0.3 is 10.8 Å². The Labute approximate surface area is 97.3 Å². The summed E-state index contributed by atoms with van der Waals surface area (Å²) >= 11 is 0. The van der Waals surface area contributed by atoms with E-state index in [1.165, 1.54) is 24.3 Å². The van der Waals surface area contributed by atoms with E-state index in [0.717, 1.165) is 0 Å². The van der Waals surface area contributed by atoms with E-state index in [9.17, 15) is 14.3 Å². The molecule has 2 rings (SSSR count). The van der Waals surface area contributed by atoms with Crippen molar-refractivity contribution in [3.8, 4) is 16.9 Å². The van der Waals surface area contributed by atoms with Crippen molar-refractivity contribution >= 4 is 5.91 Å². The molecule has 0 aliphatic carbocycles. The van der Waals surface area contributed by atoms with E-state index >= 15 is 0 Å². The van der Waals surface area contributed by atoms with Gasteiger partial charge >= 0.3 is 0 Å². The molecule has 0 fully saturated rings. The quantitative estimate of drug-likeness (QED) is 0.832. The van der Waals surface area contributed by atoms with Gasteiger partial charge in [0.15, 0.2) is 0 Å². The summed E-state index contributed by atoms with van der Waals surface area (Å²) in [7, 11) is 0. The molecule has 0 bridgehead atoms. The number of carbonyl (C=O) groups is 1. The van der Waals surface area contributed by atoms with E-state index in [1.54, 1.807) is 18.2 Å². The van der Waals surface area contributed by atoms with Crippen molar-refractivity contribution in [2.75, 3.05) is 0 Å². The molecule has 3 nitrogen and oxygen atoms in total. The number of hydrogen-bond donors (Lipinski definition) is 2. The molecule has 17 heavy (non-hydrogen) atoms. The van der Waals surface area contributed by atoms with Crippen molar-refractivity contribution < 1.29 is 14.3 Å². The second-order valence-corrected chi connectivity index (χ2v) is 3.61. The molecule has 1 amide bonds. The van der Waals surface area contributed by atoms with Crippen LogP contribution >= 0.6 is 0 Å². The Morgan fingerprint density at radius 2 is 1.94 bits per heavy atom. The number of aromatic hydroxyl groups is 1. The molecule has 3 N–H and O–H groups in total. The molecule has 86 valence electrons. The highest BCUT2D eigenvalue weighted by Gasteiger charge is 2.08. The minimum atomic E-state index is -0.576. The number of carbonyl (C=O) groups excluding carboxylic acids is 1. The van der Waals surface area contributed by atoms with Crippen LogP contribution in [0, 0.1) is 5.82 Å². The fourth-order valence-electron chi connectivity index (χ4n) is 1.57. The number of nitrogens with two attached hydrogens (primary N) is 1. The smallest absolute Gasteiger partial charge is 0.248 e. The van der Waals surface area contributed by atoms with Crippen LogP contribution in [0.1, 0.15) is 10.4 Å². The summed E-state index contributed by atoms with van der Waals surface area (Å²) in [6.07, 6.45) is 0. The predicted octanol–water partition coefficient (Wildman–Crippen LogP) is 2.30. The molecule has 0 saturated heterocycles. The van der Waals surface area contributed by atoms with Gasteiger partial charge in [-0.05, 0) is 35.9 Å². The molecule has 0 saturated carbocycles. The van der Waals surface area contributed by atoms with Gasteiger partial charge in [-0.25, -0.2) is 4.39 Å². The summed E-state index contributed by atoms with van der Waals surface area (Å²) in [5, 5.41) is 9.32. The minimum absolute atomic E-state index is 0.0362. The lowest BCUT2D eigenvalue weighted by atomic mass is 10.0. The maximum atomic E-state index is 13.6. The molecule has 0 atom stereocenters. The average Bonchev–Trinajstić information content (AvgIpc) is 2.32. The first-order valence-corrected chi connectivity index (χ1v) is 4.96. The lowest BCUT2D eigenvalue weighted by Gasteiger charge is -2.05. The van der Waals surface area contributed by atoms with Gasteiger partial charge in [-0.1, -0.05) is 12.1 Å². The van der Waals surface area contributed by atoms with Gasteiger partial charge in [0, 0.05) is 11.1 Å². The maximum absolute atomic E-state index is 13.6. The zero-order valence-corrected chi connectivity index (χ0v) is 8.85. The Balaban J connectivity index is 2.56. The van der Waals surface area contributed by atoms with Gasteiger partial charge in [-0.3, -0.25) is 4.79 Å². The first-order chi connectivity index (χ1) is 8.08. The van der Waals surface area contributed by atoms with Crippen molar-refractivity contribution in [2.45, 2.75) is 0 Å². The van der Waals surface area contributed by atoms with Crippen LogP contribution in [0.2, 0.25) is 0 Å². The first-order valence-electron chi connectivity index (χ1n) is 4.96. The average molecular weight is 231 g/mol. The molecule has 0 heterocycles. The Hall–Kier alpha value is -2.36. The van der Waals surface area contributed by atoms with E-state index in [4.69, 9.17) is 5.73 Å². The molecule has 0 radical (unpaired) electrons. The highest BCUT2D eigenvalue weighted by Crippen LogP contribution is 2.27. The Morgan fingerprint density at radius 3 is 2.65 bits per heavy atom. The van der Waals surface area contributed by atoms with Gasteiger partial charge in [-0.15, -0.1) is 0 Å². The van der Waals surface area contributed by atoms with Gasteiger partial charge in [0.2, 0.25) is 5.91 Å². The topological polar surface area (TPSA) is 63.3 Å². The highest BCUT2D eigenvalue weighted by molar-refractivity contribution is 5.94. The van der Waals surface area contributed by atoms with Crippen LogP contribution in [0.15, 0.2) is 42.5 Å². The Kier molecular flexibility index (Phi) is 2.78. The molecule has 0 aliphatic heterocycles. The monoisotopic (exact) mass is 231 g/mol. The third-order valence-corrected chi connectivity index (χ3v) is 2.41. The van der Waals surface area contributed by atoms with Gasteiger partial charge in [0.1, 0.15) is 11.6 Å². The Morgan fingerprint density at radius 1 is 1.18 bits per heavy atom. The molecule has 0 spiro atoms. The number of primary amides is 1. The summed E-state index contributed by atoms with van der Waals surface area (Å²) in [6, 6.07) is 10.0. The lowest BCUT2D eigenvalue weighted by molar-refractivity contribution is 0.100. The summed E-state index contributed by atoms with van der Waals surface area (Å²) in [5.74, 6) is -1.08. The maximum Gasteiger partial charge on any atom is 0.248 e. The number of phenols is 1. The normalized spacial score (nSPS) is 10.2. The molecule has 2 aromatic carbocycles. The standard InChI is InChI=1S/C13H10FNO2/c14-12-5-4-10(16)7-11(12)8-2-1-3-9(6-8)13(15)17/h1-7,16H,(H2,15,17). The summed E-state index contributed by atoms with van der Waals surface area (Å²) in [5.41, 5.74) is 6.17. The number of rotatable bonds is 2. The van der Waals surface area contributed by atoms with Crippen LogP contribution in [0.25, 0.3) is 11.1 Å². The number of halogens is 1. The van der Waals surface area contributed by atoms with Crippen LogP contribution in [0.3, 0.4) is 0 Å². The first kappa shape index (κ1) is 11.1. The van der Waals surface area contributed by atoms with Crippen molar-refractivity contribution in [2.24, 2.45) is 5.73 Å². The Bertz CT molecular complexity index is 581. The summed E-state index contributed by atoms with van der Waals surface area (Å²) in [4.78, 5) is 11.0. The van der Waals surface area contributed by atoms with Crippen LogP contribution in [-0.2, 0) is 0 Å². The van der Waals surface area contributed by atoms with Crippen molar-refractivity contribution in [3.63, 3.8) is 0 Å². The number of amides is 1. The largest absolute Gasteiger partial charge is 0.508 e. The third-order valence-electron chi connectivity index (χ3n) is 2.41. The predicted molar refractivity (Wildman–Crippen MR) is 62.0 cm³/mol. The molecule has 0 aliphatic rings. The van der Waals surface area contributed by atoms with Crippen LogP contribution in [0.4, 0.5) is 4.39 Å². The van der Waals surface area contributed by atoms with Crippen LogP contribution in [-0.4, -0.2) is 11.0 Å². The lowest BCUT2D eigenvalue weighted by Crippen LogP contribution is -2.10. The van der Waals surface area contributed by atoms with E-state index in [2.05, 4.69) is 0 Å². The molecular weight excluding hydrogens is 221 g/mol. The van der Waals surface area contributed by atoms with E-state index in [0.29, 0.717) is 11.1 Å². The molecular formula is C13H10FNO2. The fraction of sp³-hybridized carbons (Fsp3) is 0. The SMILES string of the molecule is NC(=O)c1cccc(-c2cc(O)ccc2F)c1. The number of benzene rings is 2. The van der Waals surface area contributed by atoms with Crippen molar-refractivity contribution in [3.05, 3.63) is 53.8 Å². The van der Waals surface area contributed by atoms with Gasteiger partial charge in [0.05, 0.1) is 0 Å². The molecule has 0 unspecified atom stereocenters. The van der Waals surface area contributed by atoms with E-state index in [-0.39, 0.29) is 11.3 Å². The van der Waals surface area contributed by atoms with Crippen molar-refractivity contribution in [1.82, 2.24) is 0 Å². The zero-order valence-electron chi connectivity index (χ0n) is 8.85. The molecule has 0 aromatic heterocycles. The summed E-state index contributed by atoms with van der Waals surface area (Å²) in [6.45, 7) is 0. The molecule has 2 aromatic rings. The van der Waals surface area contributed by atoms with Crippen molar-refractivity contribution in [1.29, 1.82) is 0 Å². The fourth-order valence-corrected chi connectivity index (χ4v) is 1.57. The second-order valence-electron chi connectivity index (χ2n) is 3.61. The number of hydrogen-bond acceptors (Lipinski definition) is 2. The van der Waals surface area contributed by atoms with Crippen LogP contribution in [0.5, 0.6) is 5.75 Å². The van der Waals surface area contributed by atoms with E-state index in [1.807, 2.05) is 0 Å². The second kappa shape index (κ2) is 4.25.